The first-order valence-electron chi connectivity index (χ1n) is 6.66. The van der Waals surface area contributed by atoms with Gasteiger partial charge in [0.25, 0.3) is 5.91 Å². The molecular formula is C15H21NO4. The van der Waals surface area contributed by atoms with Crippen molar-refractivity contribution in [1.29, 1.82) is 0 Å². The lowest BCUT2D eigenvalue weighted by Gasteiger charge is -2.38. The predicted octanol–water partition coefficient (Wildman–Crippen LogP) is 1.74. The highest BCUT2D eigenvalue weighted by Crippen LogP contribution is 2.34. The van der Waals surface area contributed by atoms with Gasteiger partial charge < -0.3 is 19.9 Å². The van der Waals surface area contributed by atoms with Crippen LogP contribution in [0.5, 0.6) is 11.5 Å². The van der Waals surface area contributed by atoms with Crippen molar-refractivity contribution in [3.05, 3.63) is 23.8 Å². The Kier molecular flexibility index (Phi) is 3.65. The monoisotopic (exact) mass is 279 g/mol. The van der Waals surface area contributed by atoms with Crippen LogP contribution in [0.4, 0.5) is 0 Å². The van der Waals surface area contributed by atoms with Crippen LogP contribution >= 0.6 is 0 Å². The van der Waals surface area contributed by atoms with Gasteiger partial charge in [-0.25, -0.2) is 0 Å². The molecule has 1 heterocycles. The highest BCUT2D eigenvalue weighted by Gasteiger charge is 2.37. The van der Waals surface area contributed by atoms with E-state index in [4.69, 9.17) is 9.47 Å². The smallest absolute Gasteiger partial charge is 0.255 e. The maximum absolute atomic E-state index is 12.4. The number of hydrogen-bond acceptors (Lipinski definition) is 4. The van der Waals surface area contributed by atoms with Gasteiger partial charge in [-0.15, -0.1) is 0 Å². The number of rotatable bonds is 3. The van der Waals surface area contributed by atoms with Crippen LogP contribution in [-0.4, -0.2) is 35.4 Å². The molecule has 0 saturated heterocycles. The van der Waals surface area contributed by atoms with Crippen molar-refractivity contribution in [2.24, 2.45) is 0 Å². The summed E-state index contributed by atoms with van der Waals surface area (Å²) in [6, 6.07) is 5.20. The molecular weight excluding hydrogens is 258 g/mol. The van der Waals surface area contributed by atoms with Gasteiger partial charge in [-0.1, -0.05) is 6.07 Å². The number of ether oxygens (including phenoxy) is 2. The molecule has 5 heteroatoms. The molecule has 1 aliphatic rings. The first kappa shape index (κ1) is 14.7. The summed E-state index contributed by atoms with van der Waals surface area (Å²) in [6.07, 6.45) is 0. The Labute approximate surface area is 118 Å². The molecule has 1 amide bonds. The average Bonchev–Trinajstić information content (AvgIpc) is 2.36. The van der Waals surface area contributed by atoms with E-state index >= 15 is 0 Å². The van der Waals surface area contributed by atoms with Gasteiger partial charge in [-0.05, 0) is 39.8 Å². The fourth-order valence-electron chi connectivity index (χ4n) is 1.76. The summed E-state index contributed by atoms with van der Waals surface area (Å²) >= 11 is 0. The quantitative estimate of drug-likeness (QED) is 0.884. The summed E-state index contributed by atoms with van der Waals surface area (Å²) in [5.41, 5.74) is -1.41. The van der Waals surface area contributed by atoms with Crippen molar-refractivity contribution in [3.8, 4) is 11.5 Å². The van der Waals surface area contributed by atoms with Crippen LogP contribution in [0.1, 0.15) is 38.1 Å². The number of carbonyl (C=O) groups excluding carboxylic acids is 1. The Morgan fingerprint density at radius 1 is 1.20 bits per heavy atom. The number of amides is 1. The molecule has 20 heavy (non-hydrogen) atoms. The van der Waals surface area contributed by atoms with Crippen molar-refractivity contribution in [2.75, 3.05) is 13.2 Å². The molecule has 1 aromatic rings. The van der Waals surface area contributed by atoms with Crippen LogP contribution < -0.4 is 14.8 Å². The summed E-state index contributed by atoms with van der Waals surface area (Å²) < 4.78 is 11.0. The van der Waals surface area contributed by atoms with Crippen molar-refractivity contribution in [1.82, 2.24) is 5.32 Å². The largest absolute Gasteiger partial charge is 0.486 e. The molecule has 1 aliphatic heterocycles. The van der Waals surface area contributed by atoms with Crippen LogP contribution in [0.15, 0.2) is 18.2 Å². The second kappa shape index (κ2) is 4.98. The Hall–Kier alpha value is -1.75. The van der Waals surface area contributed by atoms with Gasteiger partial charge in [0.1, 0.15) is 13.2 Å². The molecule has 0 unspecified atom stereocenters. The summed E-state index contributed by atoms with van der Waals surface area (Å²) in [6.45, 7) is 7.77. The van der Waals surface area contributed by atoms with E-state index in [9.17, 15) is 9.90 Å². The minimum Gasteiger partial charge on any atom is -0.486 e. The third-order valence-electron chi connectivity index (χ3n) is 3.77. The molecule has 2 N–H and O–H groups in total. The van der Waals surface area contributed by atoms with Gasteiger partial charge in [-0.2, -0.15) is 0 Å². The maximum Gasteiger partial charge on any atom is 0.255 e. The number of hydrogen-bond donors (Lipinski definition) is 2. The first-order chi connectivity index (χ1) is 9.22. The third kappa shape index (κ3) is 2.72. The predicted molar refractivity (Wildman–Crippen MR) is 75.3 cm³/mol. The molecule has 0 radical (unpaired) electrons. The van der Waals surface area contributed by atoms with E-state index in [1.165, 1.54) is 0 Å². The van der Waals surface area contributed by atoms with Crippen LogP contribution in [0.2, 0.25) is 0 Å². The van der Waals surface area contributed by atoms with E-state index < -0.39 is 11.1 Å². The van der Waals surface area contributed by atoms with Crippen LogP contribution in [0.25, 0.3) is 0 Å². The van der Waals surface area contributed by atoms with Crippen molar-refractivity contribution < 1.29 is 19.4 Å². The van der Waals surface area contributed by atoms with Gasteiger partial charge in [0, 0.05) is 0 Å². The molecule has 5 nitrogen and oxygen atoms in total. The van der Waals surface area contributed by atoms with E-state index in [0.29, 0.717) is 30.3 Å². The van der Waals surface area contributed by atoms with E-state index in [0.717, 1.165) is 0 Å². The molecule has 0 aliphatic carbocycles. The van der Waals surface area contributed by atoms with Crippen LogP contribution in [0, 0.1) is 0 Å². The Balaban J connectivity index is 2.27. The van der Waals surface area contributed by atoms with Crippen molar-refractivity contribution in [3.63, 3.8) is 0 Å². The normalized spacial score (nSPS) is 14.8. The molecule has 0 saturated carbocycles. The fraction of sp³-hybridized carbons (Fsp3) is 0.533. The zero-order chi connectivity index (χ0) is 15.0. The van der Waals surface area contributed by atoms with Gasteiger partial charge in [0.15, 0.2) is 11.5 Å². The average molecular weight is 279 g/mol. The zero-order valence-electron chi connectivity index (χ0n) is 12.3. The second-order valence-corrected chi connectivity index (χ2v) is 5.97. The number of para-hydroxylation sites is 1. The van der Waals surface area contributed by atoms with E-state index in [2.05, 4.69) is 5.32 Å². The molecule has 0 aromatic heterocycles. The molecule has 1 aromatic carbocycles. The number of carbonyl (C=O) groups is 1. The second-order valence-electron chi connectivity index (χ2n) is 5.97. The SMILES string of the molecule is CC(C)(O)C(C)(C)NC(=O)c1cccc2c1OCCO2. The molecule has 110 valence electrons. The van der Waals surface area contributed by atoms with E-state index in [1.54, 1.807) is 45.9 Å². The van der Waals surface area contributed by atoms with Gasteiger partial charge in [0.2, 0.25) is 0 Å². The Morgan fingerprint density at radius 3 is 2.50 bits per heavy atom. The minimum absolute atomic E-state index is 0.292. The summed E-state index contributed by atoms with van der Waals surface area (Å²) in [4.78, 5) is 12.4. The molecule has 2 rings (SSSR count). The van der Waals surface area contributed by atoms with Gasteiger partial charge >= 0.3 is 0 Å². The lowest BCUT2D eigenvalue weighted by atomic mass is 9.85. The van der Waals surface area contributed by atoms with Gasteiger partial charge in [-0.3, -0.25) is 4.79 Å². The topological polar surface area (TPSA) is 67.8 Å². The number of aliphatic hydroxyl groups is 1. The highest BCUT2D eigenvalue weighted by atomic mass is 16.6. The van der Waals surface area contributed by atoms with E-state index in [1.807, 2.05) is 0 Å². The number of fused-ring (bicyclic) bond motifs is 1. The van der Waals surface area contributed by atoms with Crippen molar-refractivity contribution in [2.45, 2.75) is 38.8 Å². The standard InChI is InChI=1S/C15H21NO4/c1-14(2,15(3,4)18)16-13(17)10-6-5-7-11-12(10)20-9-8-19-11/h5-7,18H,8-9H2,1-4H3,(H,16,17). The zero-order valence-corrected chi connectivity index (χ0v) is 12.3. The fourth-order valence-corrected chi connectivity index (χ4v) is 1.76. The molecule has 0 atom stereocenters. The third-order valence-corrected chi connectivity index (χ3v) is 3.77. The lowest BCUT2D eigenvalue weighted by Crippen LogP contribution is -2.57. The van der Waals surface area contributed by atoms with Crippen LogP contribution in [0.3, 0.4) is 0 Å². The minimum atomic E-state index is -1.05. The number of nitrogens with one attached hydrogen (secondary N) is 1. The lowest BCUT2D eigenvalue weighted by molar-refractivity contribution is -0.00302. The number of benzene rings is 1. The highest BCUT2D eigenvalue weighted by molar-refractivity contribution is 5.98. The van der Waals surface area contributed by atoms with E-state index in [-0.39, 0.29) is 5.91 Å². The first-order valence-corrected chi connectivity index (χ1v) is 6.66. The van der Waals surface area contributed by atoms with Gasteiger partial charge in [0.05, 0.1) is 16.7 Å². The summed E-state index contributed by atoms with van der Waals surface area (Å²) in [5, 5.41) is 12.9. The summed E-state index contributed by atoms with van der Waals surface area (Å²) in [5.74, 6) is 0.743. The molecule has 0 fully saturated rings. The Bertz CT molecular complexity index is 517. The Morgan fingerprint density at radius 2 is 1.85 bits per heavy atom. The van der Waals surface area contributed by atoms with Crippen molar-refractivity contribution >= 4 is 5.91 Å². The molecule has 0 bridgehead atoms. The van der Waals surface area contributed by atoms with Crippen LogP contribution in [-0.2, 0) is 0 Å². The summed E-state index contributed by atoms with van der Waals surface area (Å²) in [7, 11) is 0. The molecule has 0 spiro atoms. The maximum atomic E-state index is 12.4.